The second-order valence-electron chi connectivity index (χ2n) is 3.92. The highest BCUT2D eigenvalue weighted by Crippen LogP contribution is 2.30. The molecule has 0 saturated heterocycles. The van der Waals surface area contributed by atoms with Gasteiger partial charge in [-0.1, -0.05) is 6.07 Å². The maximum absolute atomic E-state index is 11.5. The molecule has 0 bridgehead atoms. The molecule has 0 unspecified atom stereocenters. The van der Waals surface area contributed by atoms with E-state index in [1.165, 1.54) is 6.92 Å². The van der Waals surface area contributed by atoms with Gasteiger partial charge in [0.2, 0.25) is 0 Å². The molecule has 1 atom stereocenters. The van der Waals surface area contributed by atoms with Gasteiger partial charge in [-0.05, 0) is 24.6 Å². The molecule has 94 valence electrons. The van der Waals surface area contributed by atoms with E-state index >= 15 is 0 Å². The van der Waals surface area contributed by atoms with Gasteiger partial charge in [0, 0.05) is 0 Å². The third-order valence-corrected chi connectivity index (χ3v) is 2.45. The van der Waals surface area contributed by atoms with Crippen LogP contribution in [0.2, 0.25) is 0 Å². The zero-order chi connectivity index (χ0) is 13.0. The largest absolute Gasteiger partial charge is 0.486 e. The number of hydrogen-bond donors (Lipinski definition) is 0. The molecule has 2 rings (SSSR count). The molecule has 0 amide bonds. The monoisotopic (exact) mass is 247 g/mol. The molecule has 0 radical (unpaired) electrons. The van der Waals surface area contributed by atoms with Crippen LogP contribution in [-0.2, 0) is 16.0 Å². The average Bonchev–Trinajstić information content (AvgIpc) is 2.38. The van der Waals surface area contributed by atoms with E-state index in [1.54, 1.807) is 18.2 Å². The van der Waals surface area contributed by atoms with Crippen molar-refractivity contribution in [3.63, 3.8) is 0 Å². The third-order valence-electron chi connectivity index (χ3n) is 2.45. The maximum Gasteiger partial charge on any atom is 0.311 e. The van der Waals surface area contributed by atoms with Crippen LogP contribution in [0, 0.1) is 11.3 Å². The number of ether oxygens (including phenoxy) is 3. The van der Waals surface area contributed by atoms with Crippen molar-refractivity contribution in [2.24, 2.45) is 0 Å². The van der Waals surface area contributed by atoms with Gasteiger partial charge in [0.15, 0.2) is 17.6 Å². The predicted octanol–water partition coefficient (Wildman–Crippen LogP) is 1.46. The number of carbonyl (C=O) groups excluding carboxylic acids is 1. The molecule has 1 heterocycles. The highest BCUT2D eigenvalue weighted by molar-refractivity contribution is 5.73. The van der Waals surface area contributed by atoms with E-state index in [0.717, 1.165) is 5.56 Å². The van der Waals surface area contributed by atoms with Crippen molar-refractivity contribution >= 4 is 5.97 Å². The summed E-state index contributed by atoms with van der Waals surface area (Å²) in [5, 5.41) is 8.54. The highest BCUT2D eigenvalue weighted by atomic mass is 16.6. The van der Waals surface area contributed by atoms with Crippen molar-refractivity contribution in [3.05, 3.63) is 23.8 Å². The molecule has 18 heavy (non-hydrogen) atoms. The fraction of sp³-hybridized carbons (Fsp3) is 0.385. The van der Waals surface area contributed by atoms with Crippen LogP contribution in [0.3, 0.4) is 0 Å². The number of nitrogens with zero attached hydrogens (tertiary/aromatic N) is 1. The van der Waals surface area contributed by atoms with E-state index in [-0.39, 0.29) is 6.42 Å². The lowest BCUT2D eigenvalue weighted by molar-refractivity contribution is -0.145. The summed E-state index contributed by atoms with van der Waals surface area (Å²) < 4.78 is 15.7. The molecule has 1 aromatic carbocycles. The van der Waals surface area contributed by atoms with E-state index in [2.05, 4.69) is 0 Å². The van der Waals surface area contributed by atoms with Crippen molar-refractivity contribution < 1.29 is 19.0 Å². The minimum atomic E-state index is -0.727. The standard InChI is InChI=1S/C13H13NO4/c1-9(8-14)18-13(15)7-10-2-3-11-12(6-10)17-5-4-16-11/h2-3,6,9H,4-5,7H2,1H3/t9-/m0/s1. The summed E-state index contributed by atoms with van der Waals surface area (Å²) in [6, 6.07) is 7.15. The van der Waals surface area contributed by atoms with E-state index in [4.69, 9.17) is 19.5 Å². The quantitative estimate of drug-likeness (QED) is 0.756. The number of esters is 1. The SMILES string of the molecule is C[C@@H](C#N)OC(=O)Cc1ccc2c(c1)OCCO2. The lowest BCUT2D eigenvalue weighted by Gasteiger charge is -2.18. The van der Waals surface area contributed by atoms with Gasteiger partial charge < -0.3 is 14.2 Å². The fourth-order valence-corrected chi connectivity index (χ4v) is 1.63. The Balaban J connectivity index is 2.02. The maximum atomic E-state index is 11.5. The summed E-state index contributed by atoms with van der Waals surface area (Å²) >= 11 is 0. The van der Waals surface area contributed by atoms with Crippen molar-refractivity contribution in [1.29, 1.82) is 5.26 Å². The normalized spacial score (nSPS) is 14.4. The molecule has 0 spiro atoms. The summed E-state index contributed by atoms with van der Waals surface area (Å²) in [6.45, 7) is 2.57. The minimum absolute atomic E-state index is 0.114. The van der Waals surface area contributed by atoms with Crippen LogP contribution in [0.25, 0.3) is 0 Å². The number of rotatable bonds is 3. The Morgan fingerprint density at radius 1 is 1.44 bits per heavy atom. The minimum Gasteiger partial charge on any atom is -0.486 e. The van der Waals surface area contributed by atoms with E-state index in [9.17, 15) is 4.79 Å². The number of benzene rings is 1. The van der Waals surface area contributed by atoms with Gasteiger partial charge in [-0.2, -0.15) is 5.26 Å². The molecule has 1 aromatic rings. The number of hydrogen-bond acceptors (Lipinski definition) is 5. The molecule has 0 aliphatic carbocycles. The van der Waals surface area contributed by atoms with Crippen LogP contribution in [0.15, 0.2) is 18.2 Å². The van der Waals surface area contributed by atoms with Gasteiger partial charge in [0.1, 0.15) is 19.3 Å². The summed E-state index contributed by atoms with van der Waals surface area (Å²) in [5.41, 5.74) is 0.773. The first-order valence-electron chi connectivity index (χ1n) is 5.66. The molecule has 0 N–H and O–H groups in total. The van der Waals surface area contributed by atoms with Crippen LogP contribution in [0.5, 0.6) is 11.5 Å². The second kappa shape index (κ2) is 5.41. The Labute approximate surface area is 105 Å². The van der Waals surface area contributed by atoms with Gasteiger partial charge in [-0.25, -0.2) is 0 Å². The molecular formula is C13H13NO4. The fourth-order valence-electron chi connectivity index (χ4n) is 1.63. The predicted molar refractivity (Wildman–Crippen MR) is 62.3 cm³/mol. The van der Waals surface area contributed by atoms with E-state index in [1.807, 2.05) is 6.07 Å². The zero-order valence-corrected chi connectivity index (χ0v) is 10.0. The van der Waals surface area contributed by atoms with E-state index < -0.39 is 12.1 Å². The van der Waals surface area contributed by atoms with Crippen LogP contribution in [0.1, 0.15) is 12.5 Å². The van der Waals surface area contributed by atoms with E-state index in [0.29, 0.717) is 24.7 Å². The molecular weight excluding hydrogens is 234 g/mol. The molecule has 5 nitrogen and oxygen atoms in total. The molecule has 1 aliphatic heterocycles. The number of nitriles is 1. The Hall–Kier alpha value is -2.22. The number of fused-ring (bicyclic) bond motifs is 1. The summed E-state index contributed by atoms with van der Waals surface area (Å²) in [7, 11) is 0. The number of carbonyl (C=O) groups is 1. The van der Waals surface area contributed by atoms with Crippen LogP contribution < -0.4 is 9.47 Å². The first-order chi connectivity index (χ1) is 8.69. The highest BCUT2D eigenvalue weighted by Gasteiger charge is 2.14. The molecule has 0 fully saturated rings. The van der Waals surface area contributed by atoms with Crippen molar-refractivity contribution in [2.45, 2.75) is 19.4 Å². The summed E-state index contributed by atoms with van der Waals surface area (Å²) in [4.78, 5) is 11.5. The lowest BCUT2D eigenvalue weighted by Crippen LogP contribution is -2.17. The molecule has 1 aliphatic rings. The van der Waals surface area contributed by atoms with Gasteiger partial charge in [-0.3, -0.25) is 4.79 Å². The van der Waals surface area contributed by atoms with Crippen molar-refractivity contribution in [2.75, 3.05) is 13.2 Å². The Morgan fingerprint density at radius 2 is 2.17 bits per heavy atom. The van der Waals surface area contributed by atoms with Crippen molar-refractivity contribution in [1.82, 2.24) is 0 Å². The Bertz CT molecular complexity index is 492. The first-order valence-corrected chi connectivity index (χ1v) is 5.66. The summed E-state index contributed by atoms with van der Waals surface area (Å²) in [6.07, 6.45) is -0.613. The lowest BCUT2D eigenvalue weighted by atomic mass is 10.1. The molecule has 5 heteroatoms. The van der Waals surface area contributed by atoms with Crippen LogP contribution in [0.4, 0.5) is 0 Å². The average molecular weight is 247 g/mol. The molecule has 0 saturated carbocycles. The smallest absolute Gasteiger partial charge is 0.311 e. The van der Waals surface area contributed by atoms with Crippen molar-refractivity contribution in [3.8, 4) is 17.6 Å². The van der Waals surface area contributed by atoms with Gasteiger partial charge in [0.05, 0.1) is 6.42 Å². The Kier molecular flexibility index (Phi) is 3.68. The zero-order valence-electron chi connectivity index (χ0n) is 10.0. The third kappa shape index (κ3) is 2.92. The summed E-state index contributed by atoms with van der Waals surface area (Å²) in [5.74, 6) is 0.893. The topological polar surface area (TPSA) is 68.5 Å². The van der Waals surface area contributed by atoms with Gasteiger partial charge >= 0.3 is 5.97 Å². The molecule has 0 aromatic heterocycles. The van der Waals surface area contributed by atoms with Gasteiger partial charge in [-0.15, -0.1) is 0 Å². The first kappa shape index (κ1) is 12.2. The van der Waals surface area contributed by atoms with Gasteiger partial charge in [0.25, 0.3) is 0 Å². The van der Waals surface area contributed by atoms with Crippen LogP contribution >= 0.6 is 0 Å². The second-order valence-corrected chi connectivity index (χ2v) is 3.92. The Morgan fingerprint density at radius 3 is 2.89 bits per heavy atom. The van der Waals surface area contributed by atoms with Crippen LogP contribution in [-0.4, -0.2) is 25.3 Å².